The Bertz CT molecular complexity index is 253. The van der Waals surface area contributed by atoms with Crippen molar-refractivity contribution in [3.05, 3.63) is 23.7 Å². The lowest BCUT2D eigenvalue weighted by molar-refractivity contribution is 0.0526. The van der Waals surface area contributed by atoms with Crippen LogP contribution in [0.15, 0.2) is 16.5 Å². The van der Waals surface area contributed by atoms with Crippen molar-refractivity contribution < 1.29 is 9.52 Å². The summed E-state index contributed by atoms with van der Waals surface area (Å²) in [6.07, 6.45) is 0. The van der Waals surface area contributed by atoms with Gasteiger partial charge in [-0.3, -0.25) is 0 Å². The topological polar surface area (TPSA) is 33.4 Å². The molecule has 1 heterocycles. The van der Waals surface area contributed by atoms with E-state index in [1.807, 2.05) is 12.1 Å². The summed E-state index contributed by atoms with van der Waals surface area (Å²) in [7, 11) is 0. The molecule has 0 atom stereocenters. The first-order valence-corrected chi connectivity index (χ1v) is 4.24. The lowest BCUT2D eigenvalue weighted by Crippen LogP contribution is -2.13. The predicted octanol–water partition coefficient (Wildman–Crippen LogP) is 2.63. The maximum atomic E-state index is 9.59. The van der Waals surface area contributed by atoms with Gasteiger partial charge in [-0.1, -0.05) is 13.8 Å². The summed E-state index contributed by atoms with van der Waals surface area (Å²) in [5.74, 6) is 1.93. The van der Waals surface area contributed by atoms with Crippen molar-refractivity contribution in [1.29, 1.82) is 0 Å². The fourth-order valence-corrected chi connectivity index (χ4v) is 0.992. The van der Waals surface area contributed by atoms with Crippen LogP contribution in [-0.2, 0) is 5.60 Å². The summed E-state index contributed by atoms with van der Waals surface area (Å²) in [5, 5.41) is 9.59. The van der Waals surface area contributed by atoms with Gasteiger partial charge >= 0.3 is 0 Å². The quantitative estimate of drug-likeness (QED) is 0.736. The zero-order chi connectivity index (χ0) is 9.35. The summed E-state index contributed by atoms with van der Waals surface area (Å²) < 4.78 is 5.46. The first-order valence-electron chi connectivity index (χ1n) is 4.24. The van der Waals surface area contributed by atoms with Crippen LogP contribution in [-0.4, -0.2) is 5.11 Å². The highest BCUT2D eigenvalue weighted by atomic mass is 16.4. The zero-order valence-electron chi connectivity index (χ0n) is 8.09. The minimum Gasteiger partial charge on any atom is -0.463 e. The number of rotatable bonds is 2. The molecule has 1 N–H and O–H groups in total. The summed E-state index contributed by atoms with van der Waals surface area (Å²) >= 11 is 0. The molecule has 68 valence electrons. The predicted molar refractivity (Wildman–Crippen MR) is 48.0 cm³/mol. The Labute approximate surface area is 73.2 Å². The Hall–Kier alpha value is -0.760. The Kier molecular flexibility index (Phi) is 2.29. The molecule has 12 heavy (non-hydrogen) atoms. The molecule has 1 rings (SSSR count). The molecule has 0 unspecified atom stereocenters. The maximum Gasteiger partial charge on any atom is 0.135 e. The molecule has 0 spiro atoms. The molecular weight excluding hydrogens is 152 g/mol. The van der Waals surface area contributed by atoms with Gasteiger partial charge in [0.15, 0.2) is 0 Å². The average Bonchev–Trinajstić information content (AvgIpc) is 2.30. The van der Waals surface area contributed by atoms with Gasteiger partial charge in [-0.15, -0.1) is 0 Å². The monoisotopic (exact) mass is 168 g/mol. The highest BCUT2D eigenvalue weighted by molar-refractivity contribution is 5.14. The Morgan fingerprint density at radius 2 is 1.92 bits per heavy atom. The van der Waals surface area contributed by atoms with E-state index in [1.165, 1.54) is 0 Å². The lowest BCUT2D eigenvalue weighted by Gasteiger charge is -2.13. The van der Waals surface area contributed by atoms with Gasteiger partial charge in [0, 0.05) is 5.92 Å². The standard InChI is InChI=1S/C10H16O2/c1-7(2)8-5-6-9(12-8)10(3,4)11/h5-7,11H,1-4H3. The van der Waals surface area contributed by atoms with Gasteiger partial charge < -0.3 is 9.52 Å². The van der Waals surface area contributed by atoms with Crippen LogP contribution in [0.25, 0.3) is 0 Å². The van der Waals surface area contributed by atoms with Crippen molar-refractivity contribution in [3.63, 3.8) is 0 Å². The molecule has 0 bridgehead atoms. The van der Waals surface area contributed by atoms with Crippen LogP contribution >= 0.6 is 0 Å². The van der Waals surface area contributed by atoms with Crippen LogP contribution in [0, 0.1) is 0 Å². The van der Waals surface area contributed by atoms with Gasteiger partial charge in [0.25, 0.3) is 0 Å². The van der Waals surface area contributed by atoms with Crippen molar-refractivity contribution in [1.82, 2.24) is 0 Å². The van der Waals surface area contributed by atoms with Crippen molar-refractivity contribution in [3.8, 4) is 0 Å². The molecule has 0 aliphatic rings. The molecule has 0 fully saturated rings. The number of aliphatic hydroxyl groups is 1. The van der Waals surface area contributed by atoms with E-state index < -0.39 is 5.60 Å². The van der Waals surface area contributed by atoms with Crippen LogP contribution in [0.1, 0.15) is 45.1 Å². The zero-order valence-corrected chi connectivity index (χ0v) is 8.09. The molecule has 2 nitrogen and oxygen atoms in total. The molecule has 0 amide bonds. The summed E-state index contributed by atoms with van der Waals surface area (Å²) in [6.45, 7) is 7.56. The van der Waals surface area contributed by atoms with Crippen molar-refractivity contribution >= 4 is 0 Å². The highest BCUT2D eigenvalue weighted by Crippen LogP contribution is 2.25. The molecule has 0 aromatic carbocycles. The Morgan fingerprint density at radius 1 is 1.33 bits per heavy atom. The summed E-state index contributed by atoms with van der Waals surface area (Å²) in [4.78, 5) is 0. The normalized spacial score (nSPS) is 12.5. The molecule has 2 heteroatoms. The first kappa shape index (κ1) is 9.33. The minimum atomic E-state index is -0.868. The third-order valence-electron chi connectivity index (χ3n) is 1.80. The smallest absolute Gasteiger partial charge is 0.135 e. The van der Waals surface area contributed by atoms with Gasteiger partial charge in [0.2, 0.25) is 0 Å². The molecule has 0 saturated carbocycles. The largest absolute Gasteiger partial charge is 0.463 e. The van der Waals surface area contributed by atoms with Gasteiger partial charge in [-0.05, 0) is 26.0 Å². The molecule has 1 aromatic heterocycles. The molecular formula is C10H16O2. The van der Waals surface area contributed by atoms with Crippen LogP contribution in [0.4, 0.5) is 0 Å². The molecule has 0 radical (unpaired) electrons. The van der Waals surface area contributed by atoms with Gasteiger partial charge in [-0.25, -0.2) is 0 Å². The number of hydrogen-bond donors (Lipinski definition) is 1. The van der Waals surface area contributed by atoms with Gasteiger partial charge in [0.05, 0.1) is 0 Å². The van der Waals surface area contributed by atoms with Crippen LogP contribution in [0.2, 0.25) is 0 Å². The Morgan fingerprint density at radius 3 is 2.17 bits per heavy atom. The van der Waals surface area contributed by atoms with Crippen LogP contribution < -0.4 is 0 Å². The highest BCUT2D eigenvalue weighted by Gasteiger charge is 2.20. The number of furan rings is 1. The third-order valence-corrected chi connectivity index (χ3v) is 1.80. The second-order valence-electron chi connectivity index (χ2n) is 3.92. The van der Waals surface area contributed by atoms with E-state index in [0.29, 0.717) is 11.7 Å². The maximum absolute atomic E-state index is 9.59. The SMILES string of the molecule is CC(C)c1ccc(C(C)(C)O)o1. The first-order chi connectivity index (χ1) is 5.41. The minimum absolute atomic E-state index is 0.376. The molecule has 0 aliphatic heterocycles. The molecule has 0 aliphatic carbocycles. The molecule has 0 saturated heterocycles. The summed E-state index contributed by atoms with van der Waals surface area (Å²) in [5.41, 5.74) is -0.868. The average molecular weight is 168 g/mol. The van der Waals surface area contributed by atoms with E-state index in [0.717, 1.165) is 5.76 Å². The van der Waals surface area contributed by atoms with Crippen molar-refractivity contribution in [2.24, 2.45) is 0 Å². The second kappa shape index (κ2) is 2.94. The van der Waals surface area contributed by atoms with Crippen molar-refractivity contribution in [2.45, 2.75) is 39.2 Å². The number of hydrogen-bond acceptors (Lipinski definition) is 2. The Balaban J connectivity index is 2.92. The fraction of sp³-hybridized carbons (Fsp3) is 0.600. The van der Waals surface area contributed by atoms with E-state index in [2.05, 4.69) is 13.8 Å². The van der Waals surface area contributed by atoms with E-state index >= 15 is 0 Å². The third kappa shape index (κ3) is 1.89. The van der Waals surface area contributed by atoms with E-state index in [-0.39, 0.29) is 0 Å². The second-order valence-corrected chi connectivity index (χ2v) is 3.92. The fourth-order valence-electron chi connectivity index (χ4n) is 0.992. The molecule has 1 aromatic rings. The van der Waals surface area contributed by atoms with Crippen LogP contribution in [0.3, 0.4) is 0 Å². The lowest BCUT2D eigenvalue weighted by atomic mass is 10.1. The van der Waals surface area contributed by atoms with E-state index in [9.17, 15) is 5.11 Å². The van der Waals surface area contributed by atoms with E-state index in [4.69, 9.17) is 4.42 Å². The van der Waals surface area contributed by atoms with E-state index in [1.54, 1.807) is 13.8 Å². The van der Waals surface area contributed by atoms with Crippen LogP contribution in [0.5, 0.6) is 0 Å². The van der Waals surface area contributed by atoms with Gasteiger partial charge in [-0.2, -0.15) is 0 Å². The van der Waals surface area contributed by atoms with Crippen molar-refractivity contribution in [2.75, 3.05) is 0 Å². The van der Waals surface area contributed by atoms with Gasteiger partial charge in [0.1, 0.15) is 17.1 Å². The summed E-state index contributed by atoms with van der Waals surface area (Å²) in [6, 6.07) is 3.74.